The average Bonchev–Trinajstić information content (AvgIpc) is 2.82. The predicted molar refractivity (Wildman–Crippen MR) is 115 cm³/mol. The van der Waals surface area contributed by atoms with Crippen LogP contribution >= 0.6 is 0 Å². The van der Waals surface area contributed by atoms with Crippen molar-refractivity contribution in [2.75, 3.05) is 6.61 Å². The summed E-state index contributed by atoms with van der Waals surface area (Å²) in [5.74, 6) is -3.31. The molecular weight excluding hydrogens is 488 g/mol. The molecule has 1 aromatic carbocycles. The zero-order valence-electron chi connectivity index (χ0n) is 18.7. The summed E-state index contributed by atoms with van der Waals surface area (Å²) in [5.41, 5.74) is -2.12. The molecule has 1 aliphatic carbocycles. The highest BCUT2D eigenvalue weighted by Crippen LogP contribution is 2.33. The molecule has 36 heavy (non-hydrogen) atoms. The van der Waals surface area contributed by atoms with E-state index in [2.05, 4.69) is 0 Å². The lowest BCUT2D eigenvalue weighted by molar-refractivity contribution is -0.277. The zero-order chi connectivity index (χ0) is 26.8. The number of benzene rings is 1. The molecule has 0 amide bonds. The van der Waals surface area contributed by atoms with Crippen LogP contribution in [0.1, 0.15) is 18.4 Å². The smallest absolute Gasteiger partial charge is 0.335 e. The molecule has 1 unspecified atom stereocenters. The number of carbonyl (C=O) groups is 2. The van der Waals surface area contributed by atoms with E-state index in [0.717, 1.165) is 12.1 Å². The van der Waals surface area contributed by atoms with Gasteiger partial charge in [-0.3, -0.25) is 0 Å². The van der Waals surface area contributed by atoms with Gasteiger partial charge in [-0.15, -0.1) is 0 Å². The molecule has 1 aromatic rings. The van der Waals surface area contributed by atoms with E-state index < -0.39 is 91.8 Å². The number of aromatic hydroxyl groups is 1. The second-order valence-corrected chi connectivity index (χ2v) is 8.65. The van der Waals surface area contributed by atoms with Gasteiger partial charge in [0.25, 0.3) is 0 Å². The van der Waals surface area contributed by atoms with Gasteiger partial charge in [-0.25, -0.2) is 9.59 Å². The van der Waals surface area contributed by atoms with Crippen LogP contribution in [0.5, 0.6) is 11.5 Å². The molecule has 1 heterocycles. The summed E-state index contributed by atoms with van der Waals surface area (Å²) in [6.07, 6.45) is -11.6. The minimum Gasteiger partial charge on any atom is -0.504 e. The third-order valence-electron chi connectivity index (χ3n) is 6.01. The van der Waals surface area contributed by atoms with Gasteiger partial charge in [0, 0.05) is 18.9 Å². The van der Waals surface area contributed by atoms with E-state index in [0.29, 0.717) is 0 Å². The van der Waals surface area contributed by atoms with E-state index in [1.807, 2.05) is 0 Å². The summed E-state index contributed by atoms with van der Waals surface area (Å²) in [4.78, 5) is 23.4. The van der Waals surface area contributed by atoms with Crippen molar-refractivity contribution < 1.29 is 69.8 Å². The van der Waals surface area contributed by atoms with Crippen LogP contribution in [0.25, 0.3) is 6.08 Å². The Labute approximate surface area is 203 Å². The fourth-order valence-corrected chi connectivity index (χ4v) is 3.92. The Hall–Kier alpha value is -2.82. The quantitative estimate of drug-likeness (QED) is 0.128. The first-order chi connectivity index (χ1) is 16.9. The summed E-state index contributed by atoms with van der Waals surface area (Å²) >= 11 is 0. The molecule has 14 heteroatoms. The number of phenolic OH excluding ortho intramolecular Hbond substituents is 1. The van der Waals surface area contributed by atoms with Crippen molar-refractivity contribution >= 4 is 18.0 Å². The number of carboxylic acid groups (broad SMARTS) is 1. The lowest BCUT2D eigenvalue weighted by atomic mass is 9.79. The second-order valence-electron chi connectivity index (χ2n) is 8.65. The van der Waals surface area contributed by atoms with Gasteiger partial charge in [0.2, 0.25) is 6.29 Å². The standard InChI is InChI=1S/C22H28O14/c23-8-14-17(28)18(29)19(30)20(36-14)35-12-3-1-9(5-10(12)24)2-4-15(26)34-13-7-22(33,21(31)32)6-11(25)16(13)27/h1-5,11,13-14,16-20,23-25,27-30,33H,6-8H2,(H,31,32)/b4-2+/t11-,13-,14-,16-,17-,18+,19-,20?,22+/m0/s1. The fourth-order valence-electron chi connectivity index (χ4n) is 3.92. The van der Waals surface area contributed by atoms with Crippen molar-refractivity contribution in [1.29, 1.82) is 0 Å². The third-order valence-corrected chi connectivity index (χ3v) is 6.01. The van der Waals surface area contributed by atoms with Gasteiger partial charge in [-0.2, -0.15) is 0 Å². The fraction of sp³-hybridized carbons (Fsp3) is 0.545. The summed E-state index contributed by atoms with van der Waals surface area (Å²) in [6.45, 7) is -0.664. The maximum atomic E-state index is 12.2. The highest BCUT2D eigenvalue weighted by Gasteiger charge is 2.50. The average molecular weight is 516 g/mol. The predicted octanol–water partition coefficient (Wildman–Crippen LogP) is -3.17. The second kappa shape index (κ2) is 11.1. The summed E-state index contributed by atoms with van der Waals surface area (Å²) in [7, 11) is 0. The van der Waals surface area contributed by atoms with Gasteiger partial charge in [0.15, 0.2) is 17.1 Å². The normalized spacial score (nSPS) is 37.0. The molecule has 0 radical (unpaired) electrons. The Morgan fingerprint density at radius 3 is 2.36 bits per heavy atom. The van der Waals surface area contributed by atoms with Crippen molar-refractivity contribution in [2.24, 2.45) is 0 Å². The number of hydrogen-bond donors (Lipinski definition) is 9. The van der Waals surface area contributed by atoms with Crippen LogP contribution in [0.3, 0.4) is 0 Å². The topological polar surface area (TPSA) is 244 Å². The summed E-state index contributed by atoms with van der Waals surface area (Å²) in [6, 6.07) is 3.78. The first kappa shape index (κ1) is 27.8. The number of aliphatic hydroxyl groups excluding tert-OH is 6. The van der Waals surface area contributed by atoms with Crippen molar-refractivity contribution in [3.63, 3.8) is 0 Å². The molecule has 0 bridgehead atoms. The first-order valence-electron chi connectivity index (χ1n) is 10.9. The number of carbonyl (C=O) groups excluding carboxylic acids is 1. The van der Waals surface area contributed by atoms with Crippen LogP contribution in [-0.2, 0) is 19.1 Å². The monoisotopic (exact) mass is 516 g/mol. The lowest BCUT2D eigenvalue weighted by Crippen LogP contribution is -2.60. The van der Waals surface area contributed by atoms with E-state index in [-0.39, 0.29) is 11.3 Å². The van der Waals surface area contributed by atoms with Crippen LogP contribution in [-0.4, -0.2) is 119 Å². The molecule has 1 aliphatic heterocycles. The van der Waals surface area contributed by atoms with Crippen LogP contribution in [0.4, 0.5) is 0 Å². The van der Waals surface area contributed by atoms with Gasteiger partial charge in [0.05, 0.1) is 12.7 Å². The van der Waals surface area contributed by atoms with Crippen molar-refractivity contribution in [3.8, 4) is 11.5 Å². The van der Waals surface area contributed by atoms with Crippen LogP contribution in [0, 0.1) is 0 Å². The molecule has 1 saturated carbocycles. The van der Waals surface area contributed by atoms with Gasteiger partial charge in [0.1, 0.15) is 36.6 Å². The highest BCUT2D eigenvalue weighted by atomic mass is 16.7. The number of esters is 1. The highest BCUT2D eigenvalue weighted by molar-refractivity contribution is 5.87. The number of carboxylic acids is 1. The summed E-state index contributed by atoms with van der Waals surface area (Å²) < 4.78 is 15.5. The lowest BCUT2D eigenvalue weighted by Gasteiger charge is -2.39. The van der Waals surface area contributed by atoms with Gasteiger partial charge in [-0.1, -0.05) is 6.07 Å². The Morgan fingerprint density at radius 1 is 1.06 bits per heavy atom. The molecule has 200 valence electrons. The molecule has 0 aromatic heterocycles. The van der Waals surface area contributed by atoms with Gasteiger partial charge < -0.3 is 60.2 Å². The minimum absolute atomic E-state index is 0.189. The molecular formula is C22H28O14. The Balaban J connectivity index is 1.63. The Morgan fingerprint density at radius 2 is 1.75 bits per heavy atom. The van der Waals surface area contributed by atoms with E-state index in [9.17, 15) is 50.4 Å². The van der Waals surface area contributed by atoms with Crippen molar-refractivity contribution in [1.82, 2.24) is 0 Å². The van der Waals surface area contributed by atoms with E-state index in [4.69, 9.17) is 19.3 Å². The molecule has 1 saturated heterocycles. The molecule has 9 N–H and O–H groups in total. The van der Waals surface area contributed by atoms with Gasteiger partial charge in [-0.05, 0) is 23.8 Å². The maximum Gasteiger partial charge on any atom is 0.335 e. The third kappa shape index (κ3) is 5.93. The largest absolute Gasteiger partial charge is 0.504 e. The minimum atomic E-state index is -2.38. The Kier molecular flexibility index (Phi) is 8.53. The van der Waals surface area contributed by atoms with Crippen molar-refractivity contribution in [2.45, 2.75) is 67.5 Å². The molecule has 14 nitrogen and oxygen atoms in total. The van der Waals surface area contributed by atoms with E-state index in [1.165, 1.54) is 18.2 Å². The van der Waals surface area contributed by atoms with Crippen LogP contribution < -0.4 is 4.74 Å². The molecule has 9 atom stereocenters. The molecule has 2 aliphatic rings. The number of aliphatic carboxylic acids is 1. The van der Waals surface area contributed by atoms with E-state index >= 15 is 0 Å². The number of rotatable bonds is 7. The Bertz CT molecular complexity index is 979. The number of phenols is 1. The van der Waals surface area contributed by atoms with Crippen molar-refractivity contribution in [3.05, 3.63) is 29.8 Å². The number of hydrogen-bond acceptors (Lipinski definition) is 13. The number of ether oxygens (including phenoxy) is 3. The van der Waals surface area contributed by atoms with E-state index in [1.54, 1.807) is 0 Å². The summed E-state index contributed by atoms with van der Waals surface area (Å²) in [5, 5.41) is 88.2. The molecule has 3 rings (SSSR count). The first-order valence-corrected chi connectivity index (χ1v) is 10.9. The molecule has 0 spiro atoms. The van der Waals surface area contributed by atoms with Crippen LogP contribution in [0.2, 0.25) is 0 Å². The SMILES string of the molecule is O=C(/C=C/c1ccc(OC2O[C@@H](CO)[C@H](O)[C@@H](O)[C@@H]2O)c(O)c1)O[C@H]1C[C@@](O)(C(=O)O)C[C@H](O)[C@@H]1O. The van der Waals surface area contributed by atoms with Gasteiger partial charge >= 0.3 is 11.9 Å². The van der Waals surface area contributed by atoms with Crippen LogP contribution in [0.15, 0.2) is 24.3 Å². The maximum absolute atomic E-state index is 12.2. The number of aliphatic hydroxyl groups is 7. The molecule has 2 fully saturated rings. The zero-order valence-corrected chi connectivity index (χ0v) is 18.7.